The van der Waals surface area contributed by atoms with Crippen LogP contribution in [0.2, 0.25) is 0 Å². The number of thioether (sulfide) groups is 1. The average Bonchev–Trinajstić information content (AvgIpc) is 3.25. The Morgan fingerprint density at radius 3 is 2.65 bits per heavy atom. The summed E-state index contributed by atoms with van der Waals surface area (Å²) in [5, 5.41) is -0.00373. The van der Waals surface area contributed by atoms with Crippen molar-refractivity contribution < 1.29 is 28.5 Å². The van der Waals surface area contributed by atoms with Crippen molar-refractivity contribution in [1.29, 1.82) is 0 Å². The normalized spacial score (nSPS) is 33.7. The van der Waals surface area contributed by atoms with Crippen LogP contribution in [0.25, 0.3) is 0 Å². The lowest BCUT2D eigenvalue weighted by Crippen LogP contribution is -2.60. The van der Waals surface area contributed by atoms with Gasteiger partial charge in [-0.15, -0.1) is 0 Å². The third-order valence-electron chi connectivity index (χ3n) is 7.51. The molecule has 202 valence electrons. The Bertz CT molecular complexity index is 1010. The van der Waals surface area contributed by atoms with Gasteiger partial charge in [0.1, 0.15) is 11.9 Å². The molecule has 0 N–H and O–H groups in total. The number of rotatable bonds is 5. The maximum Gasteiger partial charge on any atom is 0.330 e. The zero-order valence-corrected chi connectivity index (χ0v) is 23.1. The van der Waals surface area contributed by atoms with Crippen LogP contribution in [0.15, 0.2) is 48.1 Å². The number of amides is 1. The topological polar surface area (TPSA) is 74.3 Å². The molecule has 0 aromatic heterocycles. The molecule has 2 bridgehead atoms. The van der Waals surface area contributed by atoms with Gasteiger partial charge in [0, 0.05) is 38.3 Å². The van der Waals surface area contributed by atoms with Crippen molar-refractivity contribution in [3.63, 3.8) is 0 Å². The molecule has 1 aromatic carbocycles. The number of nitrogens with zero attached hydrogens (tertiary/aromatic N) is 1. The lowest BCUT2D eigenvalue weighted by atomic mass is 9.89. The molecular weight excluding hydrogens is 490 g/mol. The summed E-state index contributed by atoms with van der Waals surface area (Å²) in [5.41, 5.74) is 2.00. The van der Waals surface area contributed by atoms with E-state index < -0.39 is 5.79 Å². The summed E-state index contributed by atoms with van der Waals surface area (Å²) in [7, 11) is 3.27. The van der Waals surface area contributed by atoms with Crippen LogP contribution in [0.5, 0.6) is 5.75 Å². The van der Waals surface area contributed by atoms with E-state index in [1.54, 1.807) is 20.3 Å². The first-order valence-corrected chi connectivity index (χ1v) is 14.1. The van der Waals surface area contributed by atoms with Gasteiger partial charge in [0.25, 0.3) is 5.24 Å². The number of hydrogen-bond donors (Lipinski definition) is 0. The van der Waals surface area contributed by atoms with Crippen LogP contribution < -0.4 is 4.74 Å². The maximum atomic E-state index is 13.0. The first-order valence-electron chi connectivity index (χ1n) is 13.2. The minimum atomic E-state index is -1.06. The minimum absolute atomic E-state index is 0.00373. The maximum absolute atomic E-state index is 13.0. The fraction of sp³-hybridized carbons (Fsp3) is 0.586. The van der Waals surface area contributed by atoms with Gasteiger partial charge >= 0.3 is 5.97 Å². The van der Waals surface area contributed by atoms with Crippen LogP contribution in [-0.4, -0.2) is 60.1 Å². The van der Waals surface area contributed by atoms with Crippen LogP contribution in [-0.2, 0) is 25.5 Å². The smallest absolute Gasteiger partial charge is 0.330 e. The summed E-state index contributed by atoms with van der Waals surface area (Å²) in [5.74, 6) is 0.357. The summed E-state index contributed by atoms with van der Waals surface area (Å²) in [6.07, 6.45) is 10.1. The molecule has 37 heavy (non-hydrogen) atoms. The molecular formula is C29H39NO6S. The second-order valence-electron chi connectivity index (χ2n) is 10.3. The molecule has 5 atom stereocenters. The highest BCUT2D eigenvalue weighted by atomic mass is 32.2. The van der Waals surface area contributed by atoms with Gasteiger partial charge in [-0.1, -0.05) is 48.5 Å². The number of hydrogen-bond acceptors (Lipinski definition) is 7. The first kappa shape index (κ1) is 27.7. The number of benzene rings is 1. The fourth-order valence-electron chi connectivity index (χ4n) is 5.39. The van der Waals surface area contributed by atoms with Crippen molar-refractivity contribution in [3.05, 3.63) is 53.6 Å². The minimum Gasteiger partial charge on any atom is -0.497 e. The van der Waals surface area contributed by atoms with Crippen LogP contribution in [0.1, 0.15) is 57.9 Å². The lowest BCUT2D eigenvalue weighted by molar-refractivity contribution is -0.305. The van der Waals surface area contributed by atoms with Crippen LogP contribution in [0.4, 0.5) is 4.79 Å². The number of esters is 1. The molecule has 3 aliphatic heterocycles. The van der Waals surface area contributed by atoms with E-state index in [2.05, 4.69) is 19.1 Å². The van der Waals surface area contributed by atoms with Gasteiger partial charge in [0.05, 0.1) is 19.3 Å². The van der Waals surface area contributed by atoms with Gasteiger partial charge in [-0.2, -0.15) is 0 Å². The van der Waals surface area contributed by atoms with Crippen LogP contribution >= 0.6 is 11.8 Å². The molecule has 8 heteroatoms. The number of allylic oxidation sites excluding steroid dienone is 3. The second kappa shape index (κ2) is 12.5. The average molecular weight is 530 g/mol. The molecule has 3 aliphatic rings. The Labute approximate surface area is 224 Å². The number of fused-ring (bicyclic) bond motifs is 2. The van der Waals surface area contributed by atoms with E-state index in [9.17, 15) is 9.59 Å². The predicted molar refractivity (Wildman–Crippen MR) is 144 cm³/mol. The van der Waals surface area contributed by atoms with Gasteiger partial charge in [-0.05, 0) is 56.2 Å². The summed E-state index contributed by atoms with van der Waals surface area (Å²) in [4.78, 5) is 27.6. The van der Waals surface area contributed by atoms with E-state index in [0.29, 0.717) is 31.1 Å². The number of methoxy groups -OCH3 is 2. The highest BCUT2D eigenvalue weighted by Crippen LogP contribution is 2.43. The first-order chi connectivity index (χ1) is 17.8. The summed E-state index contributed by atoms with van der Waals surface area (Å²) in [6.45, 7) is 4.63. The van der Waals surface area contributed by atoms with E-state index >= 15 is 0 Å². The third-order valence-corrected chi connectivity index (χ3v) is 8.47. The second-order valence-corrected chi connectivity index (χ2v) is 11.3. The molecule has 3 heterocycles. The van der Waals surface area contributed by atoms with Crippen molar-refractivity contribution in [2.75, 3.05) is 20.0 Å². The zero-order valence-electron chi connectivity index (χ0n) is 22.3. The van der Waals surface area contributed by atoms with E-state index in [1.807, 2.05) is 36.1 Å². The molecule has 2 fully saturated rings. The molecule has 2 saturated heterocycles. The number of ether oxygens (including phenoxy) is 4. The molecule has 7 nitrogen and oxygen atoms in total. The number of carbonyl (C=O) groups excluding carboxylic acids is 2. The third kappa shape index (κ3) is 6.98. The Morgan fingerprint density at radius 2 is 1.92 bits per heavy atom. The quantitative estimate of drug-likeness (QED) is 0.348. The Balaban J connectivity index is 1.59. The molecule has 0 spiro atoms. The summed E-state index contributed by atoms with van der Waals surface area (Å²) >= 11 is 1.28. The Hall–Kier alpha value is -2.29. The van der Waals surface area contributed by atoms with Gasteiger partial charge in [-0.3, -0.25) is 4.79 Å². The highest BCUT2D eigenvalue weighted by Gasteiger charge is 2.54. The molecule has 4 rings (SSSR count). The van der Waals surface area contributed by atoms with Crippen molar-refractivity contribution >= 4 is 23.0 Å². The van der Waals surface area contributed by atoms with Crippen molar-refractivity contribution in [3.8, 4) is 5.75 Å². The van der Waals surface area contributed by atoms with Crippen LogP contribution in [0, 0.1) is 5.92 Å². The molecule has 0 unspecified atom stereocenters. The zero-order chi connectivity index (χ0) is 26.4. The highest BCUT2D eigenvalue weighted by molar-refractivity contribution is 8.13. The summed E-state index contributed by atoms with van der Waals surface area (Å²) in [6, 6.07) is 7.41. The molecule has 1 aromatic rings. The predicted octanol–water partition coefficient (Wildman–Crippen LogP) is 5.88. The standard InChI is InChI=1S/C29H39NO6S/c1-20-7-5-6-8-21(2)15-27(31)35-25-16-24(12-9-20)36-29(17-25,34-4)26-19-37-28(32)30(26)18-22-10-13-23(33-3)14-11-22/h5,7,10-11,13-15,20,24-26H,6,8-9,12,16-19H2,1-4H3/b7-5-,21-15+/t20-,24-,25-,26+,29-/m1/s1. The van der Waals surface area contributed by atoms with Crippen molar-refractivity contribution in [2.45, 2.75) is 83.0 Å². The van der Waals surface area contributed by atoms with E-state index in [-0.39, 0.29) is 29.5 Å². The van der Waals surface area contributed by atoms with Gasteiger partial charge in [0.2, 0.25) is 0 Å². The van der Waals surface area contributed by atoms with Crippen LogP contribution in [0.3, 0.4) is 0 Å². The molecule has 0 saturated carbocycles. The van der Waals surface area contributed by atoms with E-state index in [4.69, 9.17) is 18.9 Å². The monoisotopic (exact) mass is 529 g/mol. The molecule has 0 radical (unpaired) electrons. The largest absolute Gasteiger partial charge is 0.497 e. The van der Waals surface area contributed by atoms with Crippen molar-refractivity contribution in [2.24, 2.45) is 5.92 Å². The number of carbonyl (C=O) groups is 2. The fourth-order valence-corrected chi connectivity index (χ4v) is 6.49. The van der Waals surface area contributed by atoms with Crippen molar-refractivity contribution in [1.82, 2.24) is 4.90 Å². The Kier molecular flexibility index (Phi) is 9.37. The molecule has 0 aliphatic carbocycles. The SMILES string of the molecule is COc1ccc(CN2C(=O)SC[C@H]2[C@@]2(OC)C[C@H]3C[C@@H](CC[C@H](C)/C=C\CC/C(C)=C/C(=O)O3)O2)cc1. The van der Waals surface area contributed by atoms with E-state index in [0.717, 1.165) is 42.6 Å². The van der Waals surface area contributed by atoms with Gasteiger partial charge in [0.15, 0.2) is 5.79 Å². The van der Waals surface area contributed by atoms with E-state index in [1.165, 1.54) is 11.8 Å². The summed E-state index contributed by atoms with van der Waals surface area (Å²) < 4.78 is 24.1. The van der Waals surface area contributed by atoms with Gasteiger partial charge in [-0.25, -0.2) is 4.79 Å². The van der Waals surface area contributed by atoms with Gasteiger partial charge < -0.3 is 23.8 Å². The lowest BCUT2D eigenvalue weighted by Gasteiger charge is -2.48. The molecule has 1 amide bonds. The Morgan fingerprint density at radius 1 is 1.14 bits per heavy atom.